The number of nitrogens with zero attached hydrogens (tertiary/aromatic N) is 3. The lowest BCUT2D eigenvalue weighted by molar-refractivity contribution is 0.368. The molecule has 2 aromatic rings. The summed E-state index contributed by atoms with van der Waals surface area (Å²) < 4.78 is 5.26. The van der Waals surface area contributed by atoms with Gasteiger partial charge in [-0.15, -0.1) is 11.8 Å². The Labute approximate surface area is 160 Å². The molecule has 1 aromatic carbocycles. The van der Waals surface area contributed by atoms with Gasteiger partial charge in [-0.25, -0.2) is 0 Å². The van der Waals surface area contributed by atoms with Crippen molar-refractivity contribution < 1.29 is 4.52 Å². The van der Waals surface area contributed by atoms with Gasteiger partial charge in [0.1, 0.15) is 0 Å². The number of aliphatic imine (C=N–C) groups is 1. The number of thioether (sulfide) groups is 1. The fourth-order valence-corrected chi connectivity index (χ4v) is 3.15. The number of nitrogens with one attached hydrogen (secondary N) is 2. The summed E-state index contributed by atoms with van der Waals surface area (Å²) in [5.74, 6) is 2.56. The molecule has 26 heavy (non-hydrogen) atoms. The molecule has 0 atom stereocenters. The highest BCUT2D eigenvalue weighted by atomic mass is 32.2. The minimum atomic E-state index is 0.293. The number of hydrogen-bond acceptors (Lipinski definition) is 5. The van der Waals surface area contributed by atoms with Crippen molar-refractivity contribution in [2.24, 2.45) is 4.99 Å². The van der Waals surface area contributed by atoms with Crippen LogP contribution in [0.2, 0.25) is 0 Å². The van der Waals surface area contributed by atoms with Crippen molar-refractivity contribution in [2.45, 2.75) is 51.0 Å². The van der Waals surface area contributed by atoms with E-state index in [0.717, 1.165) is 37.7 Å². The molecule has 0 fully saturated rings. The fourth-order valence-electron chi connectivity index (χ4n) is 2.45. The van der Waals surface area contributed by atoms with Gasteiger partial charge in [-0.1, -0.05) is 31.1 Å². The summed E-state index contributed by atoms with van der Waals surface area (Å²) in [5, 5.41) is 10.7. The predicted molar refractivity (Wildman–Crippen MR) is 108 cm³/mol. The summed E-state index contributed by atoms with van der Waals surface area (Å²) in [6.45, 7) is 7.77. The normalized spacial score (nSPS) is 11.8. The van der Waals surface area contributed by atoms with Gasteiger partial charge in [-0.3, -0.25) is 4.99 Å². The van der Waals surface area contributed by atoms with Crippen LogP contribution in [0.4, 0.5) is 0 Å². The molecule has 142 valence electrons. The minimum absolute atomic E-state index is 0.293. The first-order valence-corrected chi connectivity index (χ1v) is 10.2. The second-order valence-corrected chi connectivity index (χ2v) is 7.32. The van der Waals surface area contributed by atoms with Crippen molar-refractivity contribution in [3.8, 4) is 0 Å². The third kappa shape index (κ3) is 6.05. The van der Waals surface area contributed by atoms with Gasteiger partial charge >= 0.3 is 0 Å². The maximum absolute atomic E-state index is 5.26. The molecule has 0 bridgehead atoms. The second kappa shape index (κ2) is 10.2. The third-order valence-corrected chi connectivity index (χ3v) is 4.79. The maximum Gasteiger partial charge on any atom is 0.226 e. The van der Waals surface area contributed by atoms with E-state index >= 15 is 0 Å². The van der Waals surface area contributed by atoms with Gasteiger partial charge in [-0.2, -0.15) is 4.98 Å². The van der Waals surface area contributed by atoms with Crippen LogP contribution in [0.3, 0.4) is 0 Å². The number of rotatable bonds is 8. The largest absolute Gasteiger partial charge is 0.356 e. The third-order valence-electron chi connectivity index (χ3n) is 3.97. The summed E-state index contributed by atoms with van der Waals surface area (Å²) >= 11 is 1.77. The molecule has 1 heterocycles. The van der Waals surface area contributed by atoms with Gasteiger partial charge < -0.3 is 15.2 Å². The monoisotopic (exact) mass is 375 g/mol. The fraction of sp³-hybridized carbons (Fsp3) is 0.526. The molecule has 7 heteroatoms. The van der Waals surface area contributed by atoms with Crippen molar-refractivity contribution in [1.29, 1.82) is 0 Å². The molecule has 0 aliphatic rings. The van der Waals surface area contributed by atoms with Gasteiger partial charge in [0.2, 0.25) is 5.89 Å². The van der Waals surface area contributed by atoms with Crippen LogP contribution in [-0.2, 0) is 13.0 Å². The Morgan fingerprint density at radius 3 is 2.77 bits per heavy atom. The topological polar surface area (TPSA) is 75.3 Å². The molecule has 0 saturated heterocycles. The van der Waals surface area contributed by atoms with Crippen LogP contribution in [0.25, 0.3) is 0 Å². The molecule has 0 aliphatic carbocycles. The van der Waals surface area contributed by atoms with Gasteiger partial charge in [0, 0.05) is 37.4 Å². The molecule has 0 radical (unpaired) electrons. The van der Waals surface area contributed by atoms with E-state index in [1.807, 2.05) is 0 Å². The van der Waals surface area contributed by atoms with E-state index < -0.39 is 0 Å². The van der Waals surface area contributed by atoms with Crippen molar-refractivity contribution in [3.05, 3.63) is 41.0 Å². The number of guanidine groups is 1. The molecule has 0 aliphatic heterocycles. The van der Waals surface area contributed by atoms with Crippen molar-refractivity contribution in [1.82, 2.24) is 20.8 Å². The van der Waals surface area contributed by atoms with Crippen LogP contribution in [-0.4, -0.2) is 35.9 Å². The van der Waals surface area contributed by atoms with Gasteiger partial charge in [0.15, 0.2) is 11.8 Å². The summed E-state index contributed by atoms with van der Waals surface area (Å²) in [5.41, 5.74) is 2.56. The lowest BCUT2D eigenvalue weighted by Gasteiger charge is -2.13. The van der Waals surface area contributed by atoms with Gasteiger partial charge in [0.05, 0.1) is 0 Å². The summed E-state index contributed by atoms with van der Waals surface area (Å²) in [4.78, 5) is 9.98. The molecule has 0 saturated carbocycles. The summed E-state index contributed by atoms with van der Waals surface area (Å²) in [6, 6.07) is 6.53. The average Bonchev–Trinajstić information content (AvgIpc) is 3.11. The van der Waals surface area contributed by atoms with Crippen LogP contribution in [0.1, 0.15) is 49.0 Å². The number of hydrogen-bond donors (Lipinski definition) is 2. The van der Waals surface area contributed by atoms with E-state index in [1.54, 1.807) is 18.8 Å². The Bertz CT molecular complexity index is 726. The van der Waals surface area contributed by atoms with Crippen LogP contribution < -0.4 is 10.6 Å². The van der Waals surface area contributed by atoms with E-state index in [9.17, 15) is 0 Å². The minimum Gasteiger partial charge on any atom is -0.356 e. The first-order valence-electron chi connectivity index (χ1n) is 8.94. The number of aryl methyl sites for hydroxylation is 2. The molecular formula is C19H29N5OS. The van der Waals surface area contributed by atoms with Gasteiger partial charge in [-0.05, 0) is 36.8 Å². The number of aromatic nitrogens is 2. The van der Waals surface area contributed by atoms with E-state index in [1.165, 1.54) is 16.0 Å². The zero-order valence-corrected chi connectivity index (χ0v) is 17.1. The van der Waals surface area contributed by atoms with Crippen LogP contribution in [0.15, 0.2) is 32.6 Å². The highest BCUT2D eigenvalue weighted by Gasteiger charge is 2.09. The Hall–Kier alpha value is -2.02. The molecule has 2 rings (SSSR count). The van der Waals surface area contributed by atoms with Crippen LogP contribution >= 0.6 is 11.8 Å². The van der Waals surface area contributed by atoms with Crippen LogP contribution in [0.5, 0.6) is 0 Å². The lowest BCUT2D eigenvalue weighted by Crippen LogP contribution is -2.37. The summed E-state index contributed by atoms with van der Waals surface area (Å²) in [6.07, 6.45) is 3.77. The quantitative estimate of drug-likeness (QED) is 0.318. The molecule has 0 amide bonds. The van der Waals surface area contributed by atoms with Gasteiger partial charge in [0.25, 0.3) is 0 Å². The molecule has 6 nitrogen and oxygen atoms in total. The zero-order chi connectivity index (χ0) is 18.9. The Balaban J connectivity index is 1.75. The molecular weight excluding hydrogens is 346 g/mol. The maximum atomic E-state index is 5.26. The van der Waals surface area contributed by atoms with Crippen molar-refractivity contribution in [2.75, 3.05) is 19.8 Å². The Morgan fingerprint density at radius 2 is 2.12 bits per heavy atom. The summed E-state index contributed by atoms with van der Waals surface area (Å²) in [7, 11) is 1.78. The Morgan fingerprint density at radius 1 is 1.31 bits per heavy atom. The van der Waals surface area contributed by atoms with Crippen molar-refractivity contribution >= 4 is 17.7 Å². The molecule has 1 aromatic heterocycles. The number of benzene rings is 1. The highest BCUT2D eigenvalue weighted by molar-refractivity contribution is 7.98. The SMILES string of the molecule is CN=C(NCCCc1nc(C(C)C)no1)NCc1ccc(C)cc1SC. The first-order chi connectivity index (χ1) is 12.5. The van der Waals surface area contributed by atoms with E-state index in [4.69, 9.17) is 4.52 Å². The standard InChI is InChI=1S/C19H29N5OS/c1-13(2)18-23-17(25-24-18)7-6-10-21-19(20-4)22-12-15-9-8-14(3)11-16(15)26-5/h8-9,11,13H,6-7,10,12H2,1-5H3,(H2,20,21,22). The molecule has 2 N–H and O–H groups in total. The average molecular weight is 376 g/mol. The zero-order valence-electron chi connectivity index (χ0n) is 16.3. The first kappa shape index (κ1) is 20.3. The van der Waals surface area contributed by atoms with Crippen molar-refractivity contribution in [3.63, 3.8) is 0 Å². The van der Waals surface area contributed by atoms with E-state index in [0.29, 0.717) is 11.8 Å². The molecule has 0 unspecified atom stereocenters. The van der Waals surface area contributed by atoms with E-state index in [2.05, 4.69) is 71.0 Å². The van der Waals surface area contributed by atoms with E-state index in [-0.39, 0.29) is 0 Å². The predicted octanol–water partition coefficient (Wildman–Crippen LogP) is 3.52. The Kier molecular flexibility index (Phi) is 7.97. The lowest BCUT2D eigenvalue weighted by atomic mass is 10.1. The highest BCUT2D eigenvalue weighted by Crippen LogP contribution is 2.21. The second-order valence-electron chi connectivity index (χ2n) is 6.47. The van der Waals surface area contributed by atoms with Crippen LogP contribution in [0, 0.1) is 6.92 Å². The smallest absolute Gasteiger partial charge is 0.226 e. The molecule has 0 spiro atoms.